The van der Waals surface area contributed by atoms with Gasteiger partial charge in [0.2, 0.25) is 17.6 Å². The highest BCUT2D eigenvalue weighted by Gasteiger charge is 2.50. The summed E-state index contributed by atoms with van der Waals surface area (Å²) in [4.78, 5) is 21.0. The Morgan fingerprint density at radius 2 is 2.04 bits per heavy atom. The number of nitrogens with one attached hydrogen (secondary N) is 2. The molecule has 0 unspecified atom stereocenters. The van der Waals surface area contributed by atoms with Crippen molar-refractivity contribution in [2.45, 2.75) is 51.0 Å². The molecular formula is C17H23N5O2. The van der Waals surface area contributed by atoms with Crippen molar-refractivity contribution >= 4 is 11.6 Å². The van der Waals surface area contributed by atoms with Crippen LogP contribution in [0.1, 0.15) is 45.9 Å². The molecule has 0 radical (unpaired) electrons. The molecule has 1 aliphatic rings. The molecule has 7 heteroatoms. The molecule has 1 aliphatic carbocycles. The van der Waals surface area contributed by atoms with Crippen LogP contribution in [0.15, 0.2) is 22.9 Å². The molecule has 3 rings (SSSR count). The molecule has 2 aromatic heterocycles. The molecule has 0 saturated heterocycles. The number of carbonyl (C=O) groups is 1. The fourth-order valence-corrected chi connectivity index (χ4v) is 2.86. The van der Waals surface area contributed by atoms with E-state index < -0.39 is 5.41 Å². The van der Waals surface area contributed by atoms with Crippen LogP contribution < -0.4 is 10.6 Å². The lowest BCUT2D eigenvalue weighted by molar-refractivity contribution is -0.130. The summed E-state index contributed by atoms with van der Waals surface area (Å²) < 4.78 is 5.38. The maximum Gasteiger partial charge on any atom is 0.242 e. The first kappa shape index (κ1) is 16.4. The third-order valence-corrected chi connectivity index (χ3v) is 4.22. The van der Waals surface area contributed by atoms with Gasteiger partial charge in [-0.3, -0.25) is 9.78 Å². The van der Waals surface area contributed by atoms with Gasteiger partial charge in [-0.25, -0.2) is 0 Å². The topological polar surface area (TPSA) is 92.9 Å². The highest BCUT2D eigenvalue weighted by molar-refractivity contribution is 5.87. The predicted molar refractivity (Wildman–Crippen MR) is 90.5 cm³/mol. The van der Waals surface area contributed by atoms with Gasteiger partial charge < -0.3 is 15.2 Å². The zero-order chi connectivity index (χ0) is 17.4. The molecule has 2 aromatic rings. The van der Waals surface area contributed by atoms with E-state index in [0.29, 0.717) is 17.4 Å². The summed E-state index contributed by atoms with van der Waals surface area (Å²) in [5, 5.41) is 10.1. The van der Waals surface area contributed by atoms with Crippen molar-refractivity contribution in [2.75, 3.05) is 12.4 Å². The molecule has 0 aliphatic heterocycles. The third-order valence-electron chi connectivity index (χ3n) is 4.22. The van der Waals surface area contributed by atoms with Crippen LogP contribution in [0.25, 0.3) is 11.5 Å². The molecule has 2 heterocycles. The van der Waals surface area contributed by atoms with Crippen LogP contribution >= 0.6 is 0 Å². The van der Waals surface area contributed by atoms with E-state index in [1.54, 1.807) is 13.2 Å². The molecular weight excluding hydrogens is 306 g/mol. The molecule has 1 saturated carbocycles. The number of hydrogen-bond donors (Lipinski definition) is 2. The minimum absolute atomic E-state index is 0.0351. The van der Waals surface area contributed by atoms with E-state index in [1.807, 2.05) is 12.1 Å². The Morgan fingerprint density at radius 3 is 2.54 bits per heavy atom. The highest BCUT2D eigenvalue weighted by Crippen LogP contribution is 2.43. The second-order valence-electron chi connectivity index (χ2n) is 7.25. The molecule has 0 spiro atoms. The summed E-state index contributed by atoms with van der Waals surface area (Å²) in [6.45, 7) is 6.26. The van der Waals surface area contributed by atoms with Crippen LogP contribution in [0.5, 0.6) is 0 Å². The van der Waals surface area contributed by atoms with Crippen molar-refractivity contribution in [1.29, 1.82) is 0 Å². The summed E-state index contributed by atoms with van der Waals surface area (Å²) in [7, 11) is 1.63. The van der Waals surface area contributed by atoms with E-state index >= 15 is 0 Å². The number of likely N-dealkylation sites (N-methyl/N-ethyl adjacent to an activating group) is 1. The number of anilines is 1. The quantitative estimate of drug-likeness (QED) is 0.895. The van der Waals surface area contributed by atoms with E-state index in [9.17, 15) is 4.79 Å². The molecule has 128 valence electrons. The Bertz CT molecular complexity index is 726. The summed E-state index contributed by atoms with van der Waals surface area (Å²) in [5.41, 5.74) is 0.840. The summed E-state index contributed by atoms with van der Waals surface area (Å²) >= 11 is 0. The van der Waals surface area contributed by atoms with Gasteiger partial charge in [0, 0.05) is 12.6 Å². The van der Waals surface area contributed by atoms with E-state index in [-0.39, 0.29) is 11.4 Å². The van der Waals surface area contributed by atoms with Crippen molar-refractivity contribution in [2.24, 2.45) is 0 Å². The van der Waals surface area contributed by atoms with Crippen molar-refractivity contribution in [1.82, 2.24) is 20.4 Å². The normalized spacial score (nSPS) is 16.3. The van der Waals surface area contributed by atoms with Crippen LogP contribution in [-0.4, -0.2) is 33.6 Å². The highest BCUT2D eigenvalue weighted by atomic mass is 16.5. The van der Waals surface area contributed by atoms with Crippen LogP contribution in [0.4, 0.5) is 5.69 Å². The maximum atomic E-state index is 12.2. The first-order valence-electron chi connectivity index (χ1n) is 8.15. The van der Waals surface area contributed by atoms with Gasteiger partial charge in [0.15, 0.2) is 0 Å². The average Bonchev–Trinajstić information content (AvgIpc) is 2.95. The smallest absolute Gasteiger partial charge is 0.242 e. The predicted octanol–water partition coefficient (Wildman–Crippen LogP) is 2.51. The zero-order valence-corrected chi connectivity index (χ0v) is 14.5. The number of amides is 1. The van der Waals surface area contributed by atoms with Gasteiger partial charge >= 0.3 is 0 Å². The molecule has 7 nitrogen and oxygen atoms in total. The second kappa shape index (κ2) is 5.89. The van der Waals surface area contributed by atoms with Crippen molar-refractivity contribution in [3.8, 4) is 11.5 Å². The molecule has 0 aromatic carbocycles. The minimum Gasteiger partial charge on any atom is -0.379 e. The Kier molecular flexibility index (Phi) is 4.03. The minimum atomic E-state index is -0.673. The summed E-state index contributed by atoms with van der Waals surface area (Å²) in [6.07, 6.45) is 4.19. The molecule has 24 heavy (non-hydrogen) atoms. The van der Waals surface area contributed by atoms with Gasteiger partial charge in [0.25, 0.3) is 0 Å². The number of nitrogens with zero attached hydrogens (tertiary/aromatic N) is 3. The SMILES string of the molecule is CNC(=O)C1(c2nc(-c3ccc(NC(C)(C)C)cn3)no2)CCC1. The maximum absolute atomic E-state index is 12.2. The summed E-state index contributed by atoms with van der Waals surface area (Å²) in [5.74, 6) is 0.714. The van der Waals surface area contributed by atoms with Crippen molar-refractivity contribution in [3.05, 3.63) is 24.2 Å². The average molecular weight is 329 g/mol. The van der Waals surface area contributed by atoms with Gasteiger partial charge in [-0.15, -0.1) is 0 Å². The molecule has 2 N–H and O–H groups in total. The van der Waals surface area contributed by atoms with E-state index in [1.165, 1.54) is 0 Å². The van der Waals surface area contributed by atoms with Gasteiger partial charge in [-0.2, -0.15) is 4.98 Å². The zero-order valence-electron chi connectivity index (χ0n) is 14.5. The van der Waals surface area contributed by atoms with E-state index in [4.69, 9.17) is 4.52 Å². The molecule has 1 fully saturated rings. The number of hydrogen-bond acceptors (Lipinski definition) is 6. The number of rotatable bonds is 4. The summed E-state index contributed by atoms with van der Waals surface area (Å²) in [6, 6.07) is 3.78. The van der Waals surface area contributed by atoms with Gasteiger partial charge in [0.05, 0.1) is 11.9 Å². The standard InChI is InChI=1S/C17H23N5O2/c1-16(2,3)21-11-6-7-12(19-10-11)13-20-15(24-22-13)17(8-5-9-17)14(23)18-4/h6-7,10,21H,5,8-9H2,1-4H3,(H,18,23). The lowest BCUT2D eigenvalue weighted by atomic mass is 9.68. The molecule has 0 atom stereocenters. The Labute approximate surface area is 141 Å². The van der Waals surface area contributed by atoms with Crippen LogP contribution in [0.2, 0.25) is 0 Å². The van der Waals surface area contributed by atoms with Crippen LogP contribution in [0, 0.1) is 0 Å². The lowest BCUT2D eigenvalue weighted by Crippen LogP contribution is -2.48. The number of aromatic nitrogens is 3. The van der Waals surface area contributed by atoms with Crippen LogP contribution in [-0.2, 0) is 10.2 Å². The number of carbonyl (C=O) groups excluding carboxylic acids is 1. The fourth-order valence-electron chi connectivity index (χ4n) is 2.86. The molecule has 1 amide bonds. The van der Waals surface area contributed by atoms with Gasteiger partial charge in [-0.05, 0) is 45.7 Å². The van der Waals surface area contributed by atoms with Crippen molar-refractivity contribution in [3.63, 3.8) is 0 Å². The van der Waals surface area contributed by atoms with Gasteiger partial charge in [0.1, 0.15) is 11.1 Å². The van der Waals surface area contributed by atoms with E-state index in [2.05, 4.69) is 46.5 Å². The Balaban J connectivity index is 1.82. The Hall–Kier alpha value is -2.44. The molecule has 0 bridgehead atoms. The monoisotopic (exact) mass is 329 g/mol. The van der Waals surface area contributed by atoms with E-state index in [0.717, 1.165) is 24.9 Å². The number of pyridine rings is 1. The van der Waals surface area contributed by atoms with Gasteiger partial charge in [-0.1, -0.05) is 11.6 Å². The largest absolute Gasteiger partial charge is 0.379 e. The third kappa shape index (κ3) is 2.98. The van der Waals surface area contributed by atoms with Crippen LogP contribution in [0.3, 0.4) is 0 Å². The second-order valence-corrected chi connectivity index (χ2v) is 7.25. The Morgan fingerprint density at radius 1 is 1.29 bits per heavy atom. The first-order valence-corrected chi connectivity index (χ1v) is 8.15. The van der Waals surface area contributed by atoms with Crippen molar-refractivity contribution < 1.29 is 9.32 Å². The fraction of sp³-hybridized carbons (Fsp3) is 0.529. The lowest BCUT2D eigenvalue weighted by Gasteiger charge is -2.35. The first-order chi connectivity index (χ1) is 11.3.